The molecule has 5 nitrogen and oxygen atoms in total. The van der Waals surface area contributed by atoms with Crippen LogP contribution >= 0.6 is 0 Å². The van der Waals surface area contributed by atoms with Crippen LogP contribution in [-0.4, -0.2) is 15.8 Å². The fourth-order valence-corrected chi connectivity index (χ4v) is 3.42. The van der Waals surface area contributed by atoms with Crippen molar-refractivity contribution in [3.8, 4) is 0 Å². The van der Waals surface area contributed by atoms with Crippen LogP contribution in [0.3, 0.4) is 0 Å². The van der Waals surface area contributed by atoms with Crippen LogP contribution in [0.2, 0.25) is 0 Å². The fourth-order valence-electron chi connectivity index (χ4n) is 3.42. The maximum Gasteiger partial charge on any atom is 0.323 e. The van der Waals surface area contributed by atoms with Gasteiger partial charge in [-0.1, -0.05) is 60.7 Å². The zero-order valence-corrected chi connectivity index (χ0v) is 15.9. The molecular weight excluding hydrogens is 348 g/mol. The van der Waals surface area contributed by atoms with Crippen LogP contribution in [0.1, 0.15) is 17.0 Å². The molecule has 0 aliphatic heterocycles. The molecule has 0 atom stereocenters. The van der Waals surface area contributed by atoms with Gasteiger partial charge in [-0.2, -0.15) is 5.10 Å². The fraction of sp³-hybridized carbons (Fsp3) is 0.130. The molecule has 0 spiro atoms. The van der Waals surface area contributed by atoms with Crippen LogP contribution in [0.4, 0.5) is 16.2 Å². The molecule has 2 amide bonds. The van der Waals surface area contributed by atoms with Crippen molar-refractivity contribution in [2.24, 2.45) is 0 Å². The Morgan fingerprint density at radius 1 is 0.893 bits per heavy atom. The number of rotatable bonds is 4. The van der Waals surface area contributed by atoms with Crippen molar-refractivity contribution in [2.75, 3.05) is 10.6 Å². The molecule has 1 aromatic heterocycles. The van der Waals surface area contributed by atoms with Crippen LogP contribution < -0.4 is 10.6 Å². The van der Waals surface area contributed by atoms with Crippen molar-refractivity contribution in [1.29, 1.82) is 0 Å². The number of nitrogens with zero attached hydrogens (tertiary/aromatic N) is 2. The lowest BCUT2D eigenvalue weighted by molar-refractivity contribution is 0.262. The molecule has 4 aromatic rings. The second-order valence-corrected chi connectivity index (χ2v) is 6.79. The Morgan fingerprint density at radius 2 is 1.61 bits per heavy atom. The minimum Gasteiger partial charge on any atom is -0.308 e. The van der Waals surface area contributed by atoms with Gasteiger partial charge in [-0.25, -0.2) is 4.79 Å². The van der Waals surface area contributed by atoms with Crippen molar-refractivity contribution in [3.63, 3.8) is 0 Å². The minimum absolute atomic E-state index is 0.276. The molecule has 1 heterocycles. The number of hydrogen-bond acceptors (Lipinski definition) is 2. The third-order valence-electron chi connectivity index (χ3n) is 4.85. The van der Waals surface area contributed by atoms with E-state index in [9.17, 15) is 4.79 Å². The molecule has 0 saturated carbocycles. The van der Waals surface area contributed by atoms with Gasteiger partial charge in [0, 0.05) is 5.69 Å². The summed E-state index contributed by atoms with van der Waals surface area (Å²) in [6, 6.07) is 23.7. The number of amides is 2. The van der Waals surface area contributed by atoms with E-state index >= 15 is 0 Å². The SMILES string of the molecule is Cc1nn(Cc2cccc3ccccc23)c(C)c1NC(=O)Nc1ccccc1. The predicted octanol–water partition coefficient (Wildman–Crippen LogP) is 5.35. The summed E-state index contributed by atoms with van der Waals surface area (Å²) in [6.07, 6.45) is 0. The first-order valence-corrected chi connectivity index (χ1v) is 9.25. The largest absolute Gasteiger partial charge is 0.323 e. The number of carbonyl (C=O) groups excluding carboxylic acids is 1. The van der Waals surface area contributed by atoms with E-state index in [-0.39, 0.29) is 6.03 Å². The lowest BCUT2D eigenvalue weighted by Gasteiger charge is -2.10. The van der Waals surface area contributed by atoms with E-state index in [1.807, 2.05) is 61.0 Å². The number of aromatic nitrogens is 2. The molecule has 0 unspecified atom stereocenters. The molecule has 0 radical (unpaired) electrons. The van der Waals surface area contributed by atoms with E-state index in [1.54, 1.807) is 0 Å². The quantitative estimate of drug-likeness (QED) is 0.509. The Balaban J connectivity index is 1.56. The first kappa shape index (κ1) is 17.8. The Morgan fingerprint density at radius 3 is 2.43 bits per heavy atom. The highest BCUT2D eigenvalue weighted by atomic mass is 16.2. The third kappa shape index (κ3) is 3.60. The summed E-state index contributed by atoms with van der Waals surface area (Å²) in [4.78, 5) is 12.4. The molecule has 0 aliphatic carbocycles. The predicted molar refractivity (Wildman–Crippen MR) is 114 cm³/mol. The first-order chi connectivity index (χ1) is 13.6. The van der Waals surface area contributed by atoms with Gasteiger partial charge in [0.1, 0.15) is 0 Å². The minimum atomic E-state index is -0.276. The van der Waals surface area contributed by atoms with Crippen LogP contribution in [0, 0.1) is 13.8 Å². The Hall–Kier alpha value is -3.60. The molecule has 28 heavy (non-hydrogen) atoms. The van der Waals surface area contributed by atoms with E-state index < -0.39 is 0 Å². The van der Waals surface area contributed by atoms with Gasteiger partial charge in [-0.05, 0) is 42.3 Å². The average molecular weight is 370 g/mol. The molecule has 0 aliphatic rings. The van der Waals surface area contributed by atoms with Gasteiger partial charge in [0.25, 0.3) is 0 Å². The maximum atomic E-state index is 12.4. The zero-order valence-electron chi connectivity index (χ0n) is 15.9. The average Bonchev–Trinajstić information content (AvgIpc) is 2.96. The smallest absolute Gasteiger partial charge is 0.308 e. The van der Waals surface area contributed by atoms with Gasteiger partial charge in [-0.15, -0.1) is 0 Å². The molecule has 0 bridgehead atoms. The molecule has 140 valence electrons. The van der Waals surface area contributed by atoms with Gasteiger partial charge in [0.15, 0.2) is 0 Å². The Bertz CT molecular complexity index is 1130. The van der Waals surface area contributed by atoms with Gasteiger partial charge in [0.2, 0.25) is 0 Å². The number of anilines is 2. The molecule has 0 fully saturated rings. The normalized spacial score (nSPS) is 10.8. The summed E-state index contributed by atoms with van der Waals surface area (Å²) >= 11 is 0. The molecular formula is C23H22N4O. The van der Waals surface area contributed by atoms with E-state index in [1.165, 1.54) is 16.3 Å². The summed E-state index contributed by atoms with van der Waals surface area (Å²) in [5.41, 5.74) is 4.41. The van der Waals surface area contributed by atoms with Crippen molar-refractivity contribution < 1.29 is 4.79 Å². The summed E-state index contributed by atoms with van der Waals surface area (Å²) < 4.78 is 1.94. The number of nitrogens with one attached hydrogen (secondary N) is 2. The van der Waals surface area contributed by atoms with Crippen LogP contribution in [0.25, 0.3) is 10.8 Å². The van der Waals surface area contributed by atoms with Crippen molar-refractivity contribution >= 4 is 28.2 Å². The van der Waals surface area contributed by atoms with E-state index in [4.69, 9.17) is 0 Å². The number of para-hydroxylation sites is 1. The summed E-state index contributed by atoms with van der Waals surface area (Å²) in [7, 11) is 0. The highest BCUT2D eigenvalue weighted by molar-refractivity contribution is 6.00. The highest BCUT2D eigenvalue weighted by Crippen LogP contribution is 2.24. The summed E-state index contributed by atoms with van der Waals surface area (Å²) in [6.45, 7) is 4.53. The summed E-state index contributed by atoms with van der Waals surface area (Å²) in [5, 5.41) is 12.9. The van der Waals surface area contributed by atoms with Gasteiger partial charge in [-0.3, -0.25) is 4.68 Å². The number of urea groups is 1. The van der Waals surface area contributed by atoms with Gasteiger partial charge >= 0.3 is 6.03 Å². The van der Waals surface area contributed by atoms with Crippen LogP contribution in [-0.2, 0) is 6.54 Å². The number of carbonyl (C=O) groups is 1. The van der Waals surface area contributed by atoms with Crippen molar-refractivity contribution in [2.45, 2.75) is 20.4 Å². The van der Waals surface area contributed by atoms with Crippen molar-refractivity contribution in [1.82, 2.24) is 9.78 Å². The highest BCUT2D eigenvalue weighted by Gasteiger charge is 2.15. The topological polar surface area (TPSA) is 59.0 Å². The summed E-state index contributed by atoms with van der Waals surface area (Å²) in [5.74, 6) is 0. The Kier molecular flexibility index (Phi) is 4.81. The first-order valence-electron chi connectivity index (χ1n) is 9.25. The van der Waals surface area contributed by atoms with E-state index in [2.05, 4.69) is 46.1 Å². The standard InChI is InChI=1S/C23H22N4O/c1-16-22(25-23(28)24-20-12-4-3-5-13-20)17(2)27(26-16)15-19-11-8-10-18-9-6-7-14-21(18)19/h3-14H,15H2,1-2H3,(H2,24,25,28). The number of fused-ring (bicyclic) bond motifs is 1. The molecule has 2 N–H and O–H groups in total. The molecule has 3 aromatic carbocycles. The van der Waals surface area contributed by atoms with Crippen LogP contribution in [0.5, 0.6) is 0 Å². The molecule has 5 heteroatoms. The Labute approximate surface area is 164 Å². The second kappa shape index (κ2) is 7.56. The van der Waals surface area contributed by atoms with E-state index in [0.717, 1.165) is 22.8 Å². The zero-order chi connectivity index (χ0) is 19.5. The number of aryl methyl sites for hydroxylation is 1. The lowest BCUT2D eigenvalue weighted by atomic mass is 10.0. The van der Waals surface area contributed by atoms with Crippen molar-refractivity contribution in [3.05, 3.63) is 89.7 Å². The van der Waals surface area contributed by atoms with Gasteiger partial charge in [0.05, 0.1) is 23.6 Å². The monoisotopic (exact) mass is 370 g/mol. The third-order valence-corrected chi connectivity index (χ3v) is 4.85. The number of benzene rings is 3. The number of hydrogen-bond donors (Lipinski definition) is 2. The van der Waals surface area contributed by atoms with Crippen LogP contribution in [0.15, 0.2) is 72.8 Å². The maximum absolute atomic E-state index is 12.4. The lowest BCUT2D eigenvalue weighted by Crippen LogP contribution is -2.20. The second-order valence-electron chi connectivity index (χ2n) is 6.79. The molecule has 0 saturated heterocycles. The van der Waals surface area contributed by atoms with Gasteiger partial charge < -0.3 is 10.6 Å². The molecule has 4 rings (SSSR count). The van der Waals surface area contributed by atoms with E-state index in [0.29, 0.717) is 6.54 Å².